The van der Waals surface area contributed by atoms with E-state index in [1.54, 1.807) is 12.1 Å². The number of halogens is 1. The summed E-state index contributed by atoms with van der Waals surface area (Å²) in [5.74, 6) is -0.446. The normalized spacial score (nSPS) is 21.6. The number of aryl methyl sites for hydroxylation is 1. The number of anilines is 1. The van der Waals surface area contributed by atoms with Gasteiger partial charge in [-0.1, -0.05) is 35.9 Å². The number of benzene rings is 1. The molecule has 1 aromatic rings. The van der Waals surface area contributed by atoms with Crippen LogP contribution in [-0.2, 0) is 9.59 Å². The molecule has 1 heterocycles. The smallest absolute Gasteiger partial charge is 0.240 e. The highest BCUT2D eigenvalue weighted by atomic mass is 35.5. The summed E-state index contributed by atoms with van der Waals surface area (Å²) >= 11 is 7.21. The van der Waals surface area contributed by atoms with Gasteiger partial charge in [0.05, 0.1) is 0 Å². The standard InChI is InChI=1S/C18H21ClN4O2S/c1-11-7-8-12(19)9-14(11)20-16(24)10-15-17(25)21-18(26-15)23-22-13-5-3-2-4-6-13/h7-9,15H,2-6,10H2,1H3,(H,20,24)(H,21,23,25)/t15-/m0/s1. The van der Waals surface area contributed by atoms with Crippen molar-refractivity contribution in [2.45, 2.75) is 50.7 Å². The lowest BCUT2D eigenvalue weighted by atomic mass is 9.99. The average Bonchev–Trinajstić information content (AvgIpc) is 2.97. The monoisotopic (exact) mass is 392 g/mol. The van der Waals surface area contributed by atoms with Crippen LogP contribution in [0.25, 0.3) is 0 Å². The number of nitrogens with one attached hydrogen (secondary N) is 2. The molecule has 0 spiro atoms. The zero-order chi connectivity index (χ0) is 18.5. The first-order valence-corrected chi connectivity index (χ1v) is 9.94. The lowest BCUT2D eigenvalue weighted by Crippen LogP contribution is -2.28. The van der Waals surface area contributed by atoms with Crippen LogP contribution in [0.4, 0.5) is 5.69 Å². The minimum atomic E-state index is -0.500. The van der Waals surface area contributed by atoms with Gasteiger partial charge in [-0.15, -0.1) is 5.10 Å². The fraction of sp³-hybridized carbons (Fsp3) is 0.444. The zero-order valence-corrected chi connectivity index (χ0v) is 16.1. The molecule has 0 unspecified atom stereocenters. The summed E-state index contributed by atoms with van der Waals surface area (Å²) in [4.78, 5) is 24.4. The van der Waals surface area contributed by atoms with E-state index in [1.807, 2.05) is 13.0 Å². The van der Waals surface area contributed by atoms with E-state index in [-0.39, 0.29) is 18.2 Å². The van der Waals surface area contributed by atoms with E-state index in [1.165, 1.54) is 18.2 Å². The van der Waals surface area contributed by atoms with Gasteiger partial charge in [-0.3, -0.25) is 9.59 Å². The van der Waals surface area contributed by atoms with Gasteiger partial charge in [0.25, 0.3) is 0 Å². The van der Waals surface area contributed by atoms with Crippen molar-refractivity contribution in [3.63, 3.8) is 0 Å². The van der Waals surface area contributed by atoms with Crippen LogP contribution in [0.3, 0.4) is 0 Å². The van der Waals surface area contributed by atoms with E-state index < -0.39 is 5.25 Å². The van der Waals surface area contributed by atoms with Crippen LogP contribution >= 0.6 is 23.4 Å². The molecule has 1 saturated heterocycles. The van der Waals surface area contributed by atoms with E-state index >= 15 is 0 Å². The summed E-state index contributed by atoms with van der Waals surface area (Å²) in [6.45, 7) is 1.89. The Morgan fingerprint density at radius 2 is 2.08 bits per heavy atom. The first-order chi connectivity index (χ1) is 12.5. The first-order valence-electron chi connectivity index (χ1n) is 8.68. The lowest BCUT2D eigenvalue weighted by molar-refractivity contribution is -0.122. The molecule has 2 N–H and O–H groups in total. The van der Waals surface area contributed by atoms with Gasteiger partial charge in [0.1, 0.15) is 5.25 Å². The molecule has 1 aliphatic heterocycles. The van der Waals surface area contributed by atoms with Gasteiger partial charge in [-0.05, 0) is 50.3 Å². The maximum atomic E-state index is 12.3. The van der Waals surface area contributed by atoms with Gasteiger partial charge in [0, 0.05) is 22.8 Å². The van der Waals surface area contributed by atoms with Gasteiger partial charge in [0.2, 0.25) is 11.8 Å². The summed E-state index contributed by atoms with van der Waals surface area (Å²) in [5.41, 5.74) is 2.65. The Kier molecular flexibility index (Phi) is 6.32. The van der Waals surface area contributed by atoms with Crippen molar-refractivity contribution in [2.24, 2.45) is 10.2 Å². The summed E-state index contributed by atoms with van der Waals surface area (Å²) in [5, 5.41) is 14.4. The summed E-state index contributed by atoms with van der Waals surface area (Å²) < 4.78 is 0. The molecule has 26 heavy (non-hydrogen) atoms. The third kappa shape index (κ3) is 5.08. The van der Waals surface area contributed by atoms with Gasteiger partial charge in [-0.25, -0.2) is 0 Å². The largest absolute Gasteiger partial charge is 0.326 e. The van der Waals surface area contributed by atoms with Gasteiger partial charge in [-0.2, -0.15) is 5.10 Å². The predicted octanol–water partition coefficient (Wildman–Crippen LogP) is 3.88. The van der Waals surface area contributed by atoms with Crippen molar-refractivity contribution in [1.82, 2.24) is 5.32 Å². The Hall–Kier alpha value is -1.86. The van der Waals surface area contributed by atoms with Gasteiger partial charge >= 0.3 is 0 Å². The number of amidine groups is 1. The molecule has 138 valence electrons. The van der Waals surface area contributed by atoms with Crippen molar-refractivity contribution in [3.05, 3.63) is 28.8 Å². The topological polar surface area (TPSA) is 82.9 Å². The number of hydrogen-bond acceptors (Lipinski definition) is 5. The van der Waals surface area contributed by atoms with Crippen LogP contribution in [0.1, 0.15) is 44.1 Å². The Morgan fingerprint density at radius 1 is 1.31 bits per heavy atom. The van der Waals surface area contributed by atoms with E-state index in [0.29, 0.717) is 15.9 Å². The maximum Gasteiger partial charge on any atom is 0.240 e. The van der Waals surface area contributed by atoms with E-state index in [0.717, 1.165) is 37.0 Å². The highest BCUT2D eigenvalue weighted by Crippen LogP contribution is 2.25. The molecule has 1 aromatic carbocycles. The second kappa shape index (κ2) is 8.68. The highest BCUT2D eigenvalue weighted by molar-refractivity contribution is 8.15. The first kappa shape index (κ1) is 18.9. The molecule has 1 atom stereocenters. The van der Waals surface area contributed by atoms with Crippen LogP contribution in [0.15, 0.2) is 28.4 Å². The van der Waals surface area contributed by atoms with Gasteiger partial charge < -0.3 is 10.6 Å². The van der Waals surface area contributed by atoms with E-state index in [4.69, 9.17) is 11.6 Å². The molecular weight excluding hydrogens is 372 g/mol. The van der Waals surface area contributed by atoms with Crippen molar-refractivity contribution >= 4 is 51.7 Å². The van der Waals surface area contributed by atoms with E-state index in [2.05, 4.69) is 20.8 Å². The quantitative estimate of drug-likeness (QED) is 0.762. The Labute approximate surface area is 161 Å². The molecule has 6 nitrogen and oxygen atoms in total. The van der Waals surface area contributed by atoms with E-state index in [9.17, 15) is 9.59 Å². The van der Waals surface area contributed by atoms with Crippen molar-refractivity contribution in [2.75, 3.05) is 5.32 Å². The maximum absolute atomic E-state index is 12.3. The van der Waals surface area contributed by atoms with Crippen molar-refractivity contribution < 1.29 is 9.59 Å². The van der Waals surface area contributed by atoms with Crippen LogP contribution in [0, 0.1) is 6.92 Å². The third-order valence-corrected chi connectivity index (χ3v) is 5.64. The highest BCUT2D eigenvalue weighted by Gasteiger charge is 2.32. The van der Waals surface area contributed by atoms with Crippen molar-refractivity contribution in [3.8, 4) is 0 Å². The third-order valence-electron chi connectivity index (χ3n) is 4.33. The zero-order valence-electron chi connectivity index (χ0n) is 14.5. The number of thioether (sulfide) groups is 1. The number of hydrogen-bond donors (Lipinski definition) is 2. The molecule has 2 fully saturated rings. The summed E-state index contributed by atoms with van der Waals surface area (Å²) in [6, 6.07) is 5.30. The lowest BCUT2D eigenvalue weighted by Gasteiger charge is -2.10. The number of rotatable bonds is 4. The fourth-order valence-corrected chi connectivity index (χ4v) is 3.95. The molecule has 0 bridgehead atoms. The fourth-order valence-electron chi connectivity index (χ4n) is 2.86. The Bertz CT molecular complexity index is 770. The SMILES string of the molecule is Cc1ccc(Cl)cc1NC(=O)C[C@@H]1S/C(=N/N=C2CCCCC2)NC1=O. The molecule has 2 aliphatic rings. The predicted molar refractivity (Wildman–Crippen MR) is 107 cm³/mol. The number of carbonyl (C=O) groups excluding carboxylic acids is 2. The van der Waals surface area contributed by atoms with Crippen LogP contribution in [0.5, 0.6) is 0 Å². The molecular formula is C18H21ClN4O2S. The summed E-state index contributed by atoms with van der Waals surface area (Å²) in [7, 11) is 0. The molecule has 8 heteroatoms. The second-order valence-electron chi connectivity index (χ2n) is 6.44. The van der Waals surface area contributed by atoms with Crippen LogP contribution in [0.2, 0.25) is 5.02 Å². The summed E-state index contributed by atoms with van der Waals surface area (Å²) in [6.07, 6.45) is 5.55. The minimum Gasteiger partial charge on any atom is -0.326 e. The molecule has 2 amide bonds. The number of amides is 2. The Morgan fingerprint density at radius 3 is 2.85 bits per heavy atom. The molecule has 1 aliphatic carbocycles. The van der Waals surface area contributed by atoms with Crippen LogP contribution < -0.4 is 10.6 Å². The average molecular weight is 393 g/mol. The minimum absolute atomic E-state index is 0.0675. The molecule has 3 rings (SSSR count). The molecule has 0 radical (unpaired) electrons. The second-order valence-corrected chi connectivity index (χ2v) is 8.07. The number of carbonyl (C=O) groups is 2. The molecule has 1 saturated carbocycles. The molecule has 0 aromatic heterocycles. The number of nitrogens with zero attached hydrogens (tertiary/aromatic N) is 2. The Balaban J connectivity index is 1.57. The van der Waals surface area contributed by atoms with Crippen molar-refractivity contribution in [1.29, 1.82) is 0 Å². The van der Waals surface area contributed by atoms with Gasteiger partial charge in [0.15, 0.2) is 5.17 Å². The van der Waals surface area contributed by atoms with Crippen LogP contribution in [-0.4, -0.2) is 27.9 Å².